The van der Waals surface area contributed by atoms with Crippen LogP contribution in [-0.4, -0.2) is 25.1 Å². The molecule has 0 aliphatic rings. The van der Waals surface area contributed by atoms with E-state index in [1.165, 1.54) is 30.3 Å². The Balaban J connectivity index is 1.76. The van der Waals surface area contributed by atoms with E-state index in [1.807, 2.05) is 0 Å². The number of halogens is 3. The summed E-state index contributed by atoms with van der Waals surface area (Å²) in [6.07, 6.45) is 2.52. The van der Waals surface area contributed by atoms with Crippen molar-refractivity contribution < 1.29 is 32.3 Å². The van der Waals surface area contributed by atoms with Crippen LogP contribution in [0.3, 0.4) is 0 Å². The largest absolute Gasteiger partial charge is 0.452 e. The van der Waals surface area contributed by atoms with Gasteiger partial charge in [-0.25, -0.2) is 4.79 Å². The fourth-order valence-electron chi connectivity index (χ4n) is 1.67. The maximum atomic E-state index is 12.0. The molecule has 0 atom stereocenters. The Labute approximate surface area is 149 Å². The van der Waals surface area contributed by atoms with Crippen molar-refractivity contribution >= 4 is 39.6 Å². The van der Waals surface area contributed by atoms with E-state index in [2.05, 4.69) is 26.0 Å². The number of alkyl halides is 2. The van der Waals surface area contributed by atoms with Crippen molar-refractivity contribution in [2.75, 3.05) is 11.9 Å². The molecule has 0 fully saturated rings. The second-order valence-corrected chi connectivity index (χ2v) is 5.32. The summed E-state index contributed by atoms with van der Waals surface area (Å²) in [5.41, 5.74) is 0.346. The summed E-state index contributed by atoms with van der Waals surface area (Å²) in [4.78, 5) is 23.2. The highest BCUT2D eigenvalue weighted by atomic mass is 79.9. The molecular formula is C16H12BrF2NO5. The Bertz CT molecular complexity index is 758. The third kappa shape index (κ3) is 6.76. The summed E-state index contributed by atoms with van der Waals surface area (Å²) >= 11 is 3.12. The van der Waals surface area contributed by atoms with Gasteiger partial charge in [0.05, 0.1) is 0 Å². The second-order valence-electron chi connectivity index (χ2n) is 4.53. The zero-order valence-corrected chi connectivity index (χ0v) is 14.2. The highest BCUT2D eigenvalue weighted by Gasteiger charge is 2.07. The van der Waals surface area contributed by atoms with Crippen LogP contribution in [-0.2, 0) is 14.3 Å². The highest BCUT2D eigenvalue weighted by Crippen LogP contribution is 2.17. The number of benzene rings is 1. The number of hydrogen-bond acceptors (Lipinski definition) is 5. The first-order chi connectivity index (χ1) is 11.9. The number of hydrogen-bond donors (Lipinski definition) is 1. The van der Waals surface area contributed by atoms with E-state index in [0.717, 1.165) is 6.08 Å². The third-order valence-corrected chi connectivity index (χ3v) is 3.11. The van der Waals surface area contributed by atoms with Crippen molar-refractivity contribution in [3.63, 3.8) is 0 Å². The van der Waals surface area contributed by atoms with E-state index in [1.54, 1.807) is 12.1 Å². The van der Waals surface area contributed by atoms with E-state index in [0.29, 0.717) is 16.1 Å². The van der Waals surface area contributed by atoms with Gasteiger partial charge in [-0.05, 0) is 58.4 Å². The van der Waals surface area contributed by atoms with Gasteiger partial charge in [-0.2, -0.15) is 8.78 Å². The summed E-state index contributed by atoms with van der Waals surface area (Å²) in [6, 6.07) is 8.62. The molecule has 0 aliphatic heterocycles. The predicted octanol–water partition coefficient (Wildman–Crippen LogP) is 3.84. The summed E-state index contributed by atoms with van der Waals surface area (Å²) < 4.78 is 38.7. The van der Waals surface area contributed by atoms with Gasteiger partial charge in [0.2, 0.25) is 0 Å². The normalized spacial score (nSPS) is 10.9. The van der Waals surface area contributed by atoms with Crippen molar-refractivity contribution in [1.82, 2.24) is 0 Å². The number of rotatable bonds is 7. The molecule has 25 heavy (non-hydrogen) atoms. The molecule has 9 heteroatoms. The minimum atomic E-state index is -2.92. The van der Waals surface area contributed by atoms with Crippen LogP contribution in [0.15, 0.2) is 51.6 Å². The van der Waals surface area contributed by atoms with E-state index in [4.69, 9.17) is 9.15 Å². The third-order valence-electron chi connectivity index (χ3n) is 2.69. The quantitative estimate of drug-likeness (QED) is 0.548. The van der Waals surface area contributed by atoms with Crippen LogP contribution >= 0.6 is 15.9 Å². The molecule has 0 saturated heterocycles. The Morgan fingerprint density at radius 1 is 1.20 bits per heavy atom. The number of carbonyl (C=O) groups is 2. The van der Waals surface area contributed by atoms with Crippen LogP contribution in [0.5, 0.6) is 5.75 Å². The minimum Gasteiger partial charge on any atom is -0.452 e. The molecule has 0 unspecified atom stereocenters. The smallest absolute Gasteiger partial charge is 0.387 e. The first kappa shape index (κ1) is 18.7. The fraction of sp³-hybridized carbons (Fsp3) is 0.125. The standard InChI is InChI=1S/C16H12BrF2NO5/c17-13-7-5-11(24-13)6-8-15(22)23-9-14(21)20-10-1-3-12(4-2-10)25-16(18)19/h1-8,16H,9H2,(H,20,21). The number of esters is 1. The average Bonchev–Trinajstić information content (AvgIpc) is 2.98. The SMILES string of the molecule is O=C(COC(=O)C=Cc1ccc(Br)o1)Nc1ccc(OC(F)F)cc1. The lowest BCUT2D eigenvalue weighted by atomic mass is 10.3. The molecular weight excluding hydrogens is 404 g/mol. The monoisotopic (exact) mass is 415 g/mol. The molecule has 132 valence electrons. The molecule has 6 nitrogen and oxygen atoms in total. The number of amides is 1. The van der Waals surface area contributed by atoms with Gasteiger partial charge in [0.1, 0.15) is 11.5 Å². The Morgan fingerprint density at radius 3 is 2.52 bits per heavy atom. The summed E-state index contributed by atoms with van der Waals surface area (Å²) in [5.74, 6) is -0.887. The number of furan rings is 1. The molecule has 1 amide bonds. The number of carbonyl (C=O) groups excluding carboxylic acids is 2. The van der Waals surface area contributed by atoms with Crippen LogP contribution in [0.25, 0.3) is 6.08 Å². The van der Waals surface area contributed by atoms with Crippen LogP contribution in [0.2, 0.25) is 0 Å². The maximum absolute atomic E-state index is 12.0. The molecule has 1 aromatic heterocycles. The van der Waals surface area contributed by atoms with Gasteiger partial charge in [-0.1, -0.05) is 0 Å². The van der Waals surface area contributed by atoms with Crippen molar-refractivity contribution in [3.05, 3.63) is 52.9 Å². The Hall–Kier alpha value is -2.68. The zero-order chi connectivity index (χ0) is 18.2. The number of anilines is 1. The van der Waals surface area contributed by atoms with Crippen molar-refractivity contribution in [3.8, 4) is 5.75 Å². The van der Waals surface area contributed by atoms with Gasteiger partial charge in [0, 0.05) is 11.8 Å². The molecule has 1 heterocycles. The van der Waals surface area contributed by atoms with Gasteiger partial charge in [0.25, 0.3) is 5.91 Å². The molecule has 0 aliphatic carbocycles. The topological polar surface area (TPSA) is 77.8 Å². The summed E-state index contributed by atoms with van der Waals surface area (Å²) in [5, 5.41) is 2.45. The predicted molar refractivity (Wildman–Crippen MR) is 88.1 cm³/mol. The maximum Gasteiger partial charge on any atom is 0.387 e. The van der Waals surface area contributed by atoms with Crippen molar-refractivity contribution in [2.24, 2.45) is 0 Å². The molecule has 2 rings (SSSR count). The molecule has 0 spiro atoms. The minimum absolute atomic E-state index is 0.0332. The van der Waals surface area contributed by atoms with Crippen LogP contribution < -0.4 is 10.1 Å². The highest BCUT2D eigenvalue weighted by molar-refractivity contribution is 9.10. The average molecular weight is 416 g/mol. The van der Waals surface area contributed by atoms with Gasteiger partial charge in [-0.3, -0.25) is 4.79 Å². The van der Waals surface area contributed by atoms with E-state index in [9.17, 15) is 18.4 Å². The van der Waals surface area contributed by atoms with Crippen LogP contribution in [0.1, 0.15) is 5.76 Å². The van der Waals surface area contributed by atoms with Crippen molar-refractivity contribution in [1.29, 1.82) is 0 Å². The Morgan fingerprint density at radius 2 is 1.92 bits per heavy atom. The molecule has 0 bridgehead atoms. The van der Waals surface area contributed by atoms with E-state index in [-0.39, 0.29) is 5.75 Å². The lowest BCUT2D eigenvalue weighted by Gasteiger charge is -2.07. The van der Waals surface area contributed by atoms with E-state index >= 15 is 0 Å². The first-order valence-corrected chi connectivity index (χ1v) is 7.66. The number of nitrogens with one attached hydrogen (secondary N) is 1. The second kappa shape index (κ2) is 8.97. The van der Waals surface area contributed by atoms with Gasteiger partial charge >= 0.3 is 12.6 Å². The van der Waals surface area contributed by atoms with Crippen LogP contribution in [0, 0.1) is 0 Å². The molecule has 1 aromatic carbocycles. The van der Waals surface area contributed by atoms with Gasteiger partial charge < -0.3 is 19.2 Å². The van der Waals surface area contributed by atoms with E-state index < -0.39 is 25.1 Å². The molecule has 0 radical (unpaired) electrons. The molecule has 1 N–H and O–H groups in total. The lowest BCUT2D eigenvalue weighted by Crippen LogP contribution is -2.20. The van der Waals surface area contributed by atoms with Crippen LogP contribution in [0.4, 0.5) is 14.5 Å². The zero-order valence-electron chi connectivity index (χ0n) is 12.6. The summed E-state index contributed by atoms with van der Waals surface area (Å²) in [6.45, 7) is -3.42. The van der Waals surface area contributed by atoms with Gasteiger partial charge in [0.15, 0.2) is 11.3 Å². The van der Waals surface area contributed by atoms with Gasteiger partial charge in [-0.15, -0.1) is 0 Å². The van der Waals surface area contributed by atoms with Crippen molar-refractivity contribution in [2.45, 2.75) is 6.61 Å². The molecule has 2 aromatic rings. The lowest BCUT2D eigenvalue weighted by molar-refractivity contribution is -0.142. The molecule has 0 saturated carbocycles. The summed E-state index contributed by atoms with van der Waals surface area (Å²) in [7, 11) is 0. The fourth-order valence-corrected chi connectivity index (χ4v) is 1.99. The Kier molecular flexibility index (Phi) is 6.70. The number of ether oxygens (including phenoxy) is 2. The first-order valence-electron chi connectivity index (χ1n) is 6.87.